The van der Waals surface area contributed by atoms with Crippen molar-refractivity contribution in [3.63, 3.8) is 0 Å². The highest BCUT2D eigenvalue weighted by atomic mass is 16.1. The highest BCUT2D eigenvalue weighted by Crippen LogP contribution is 2.23. The molecule has 1 atom stereocenters. The van der Waals surface area contributed by atoms with Crippen molar-refractivity contribution in [2.45, 2.75) is 26.2 Å². The van der Waals surface area contributed by atoms with Crippen LogP contribution in [0.25, 0.3) is 0 Å². The van der Waals surface area contributed by atoms with Gasteiger partial charge in [-0.05, 0) is 12.8 Å². The zero-order chi connectivity index (χ0) is 6.85. The molecule has 0 bridgehead atoms. The van der Waals surface area contributed by atoms with Crippen LogP contribution in [0.5, 0.6) is 0 Å². The lowest BCUT2D eigenvalue weighted by Gasteiger charge is -2.18. The maximum absolute atomic E-state index is 10.9. The van der Waals surface area contributed by atoms with Crippen LogP contribution in [-0.4, -0.2) is 5.78 Å². The first kappa shape index (κ1) is 6.53. The fourth-order valence-electron chi connectivity index (χ4n) is 1.15. The Morgan fingerprint density at radius 2 is 2.22 bits per heavy atom. The highest BCUT2D eigenvalue weighted by molar-refractivity contribution is 5.84. The fraction of sp³-hybridized carbons (Fsp3) is 0.625. The predicted octanol–water partition coefficient (Wildman–Crippen LogP) is 1.93. The van der Waals surface area contributed by atoms with Gasteiger partial charge < -0.3 is 0 Å². The van der Waals surface area contributed by atoms with E-state index in [1.807, 2.05) is 6.92 Å². The highest BCUT2D eigenvalue weighted by Gasteiger charge is 2.19. The number of ketones is 1. The van der Waals surface area contributed by atoms with Crippen LogP contribution >= 0.6 is 0 Å². The second kappa shape index (κ2) is 2.34. The summed E-state index contributed by atoms with van der Waals surface area (Å²) in [5, 5.41) is 0. The van der Waals surface area contributed by atoms with Crippen LogP contribution in [0.4, 0.5) is 0 Å². The molecule has 1 unspecified atom stereocenters. The minimum absolute atomic E-state index is 0.138. The second-order valence-corrected chi connectivity index (χ2v) is 2.70. The Morgan fingerprint density at radius 3 is 2.67 bits per heavy atom. The Kier molecular flexibility index (Phi) is 1.70. The van der Waals surface area contributed by atoms with Gasteiger partial charge in [0.1, 0.15) is 5.78 Å². The van der Waals surface area contributed by atoms with Gasteiger partial charge in [-0.3, -0.25) is 4.79 Å². The van der Waals surface area contributed by atoms with Crippen molar-refractivity contribution in [3.8, 4) is 0 Å². The average molecular weight is 124 g/mol. The van der Waals surface area contributed by atoms with Crippen molar-refractivity contribution in [2.75, 3.05) is 0 Å². The summed E-state index contributed by atoms with van der Waals surface area (Å²) in [7, 11) is 0. The van der Waals surface area contributed by atoms with Crippen molar-refractivity contribution < 1.29 is 4.79 Å². The van der Waals surface area contributed by atoms with E-state index in [0.717, 1.165) is 24.8 Å². The standard InChI is InChI=1S/C8H12O/c1-6-4-3-5-8(9)7(6)2/h7H,1,3-5H2,2H3. The van der Waals surface area contributed by atoms with Crippen molar-refractivity contribution in [2.24, 2.45) is 5.92 Å². The number of carbonyl (C=O) groups excluding carboxylic acids is 1. The van der Waals surface area contributed by atoms with E-state index in [0.29, 0.717) is 5.78 Å². The van der Waals surface area contributed by atoms with Crippen molar-refractivity contribution in [1.29, 1.82) is 0 Å². The fourth-order valence-corrected chi connectivity index (χ4v) is 1.15. The van der Waals surface area contributed by atoms with Gasteiger partial charge in [0, 0.05) is 12.3 Å². The molecule has 1 aliphatic carbocycles. The van der Waals surface area contributed by atoms with E-state index >= 15 is 0 Å². The molecule has 0 spiro atoms. The minimum atomic E-state index is 0.138. The summed E-state index contributed by atoms with van der Waals surface area (Å²) in [6.45, 7) is 5.77. The lowest BCUT2D eigenvalue weighted by Crippen LogP contribution is -2.17. The van der Waals surface area contributed by atoms with Crippen LogP contribution in [0.3, 0.4) is 0 Å². The topological polar surface area (TPSA) is 17.1 Å². The van der Waals surface area contributed by atoms with Gasteiger partial charge in [-0.25, -0.2) is 0 Å². The van der Waals surface area contributed by atoms with Gasteiger partial charge in [-0.1, -0.05) is 19.1 Å². The number of rotatable bonds is 0. The summed E-state index contributed by atoms with van der Waals surface area (Å²) in [6.07, 6.45) is 2.83. The molecule has 1 aliphatic rings. The van der Waals surface area contributed by atoms with E-state index in [2.05, 4.69) is 6.58 Å². The summed E-state index contributed by atoms with van der Waals surface area (Å²) in [5.74, 6) is 0.505. The van der Waals surface area contributed by atoms with E-state index in [9.17, 15) is 4.79 Å². The Labute approximate surface area is 55.8 Å². The first-order valence-corrected chi connectivity index (χ1v) is 3.42. The molecule has 0 aromatic rings. The molecule has 1 saturated carbocycles. The van der Waals surface area contributed by atoms with Gasteiger partial charge in [0.2, 0.25) is 0 Å². The van der Waals surface area contributed by atoms with Gasteiger partial charge in [-0.2, -0.15) is 0 Å². The largest absolute Gasteiger partial charge is 0.299 e. The molecule has 1 fully saturated rings. The monoisotopic (exact) mass is 124 g/mol. The zero-order valence-electron chi connectivity index (χ0n) is 5.81. The summed E-state index contributed by atoms with van der Waals surface area (Å²) in [6, 6.07) is 0. The molecule has 0 aromatic carbocycles. The summed E-state index contributed by atoms with van der Waals surface area (Å²) < 4.78 is 0. The maximum Gasteiger partial charge on any atom is 0.139 e. The molecule has 0 aromatic heterocycles. The third-order valence-electron chi connectivity index (χ3n) is 2.02. The van der Waals surface area contributed by atoms with Crippen molar-refractivity contribution in [1.82, 2.24) is 0 Å². The molecule has 0 aliphatic heterocycles. The minimum Gasteiger partial charge on any atom is -0.299 e. The number of hydrogen-bond donors (Lipinski definition) is 0. The van der Waals surface area contributed by atoms with Crippen LogP contribution in [0.2, 0.25) is 0 Å². The van der Waals surface area contributed by atoms with Crippen LogP contribution < -0.4 is 0 Å². The smallest absolute Gasteiger partial charge is 0.139 e. The van der Waals surface area contributed by atoms with Crippen LogP contribution in [0, 0.1) is 5.92 Å². The molecule has 0 radical (unpaired) electrons. The maximum atomic E-state index is 10.9. The molecular weight excluding hydrogens is 112 g/mol. The average Bonchev–Trinajstić information content (AvgIpc) is 1.83. The van der Waals surface area contributed by atoms with Crippen molar-refractivity contribution in [3.05, 3.63) is 12.2 Å². The van der Waals surface area contributed by atoms with Crippen molar-refractivity contribution >= 4 is 5.78 Å². The number of allylic oxidation sites excluding steroid dienone is 1. The van der Waals surface area contributed by atoms with Gasteiger partial charge >= 0.3 is 0 Å². The number of hydrogen-bond acceptors (Lipinski definition) is 1. The van der Waals surface area contributed by atoms with Gasteiger partial charge in [0.05, 0.1) is 0 Å². The summed E-state index contributed by atoms with van der Waals surface area (Å²) >= 11 is 0. The second-order valence-electron chi connectivity index (χ2n) is 2.70. The Morgan fingerprint density at radius 1 is 1.56 bits per heavy atom. The van der Waals surface area contributed by atoms with Crippen LogP contribution in [0.1, 0.15) is 26.2 Å². The summed E-state index contributed by atoms with van der Waals surface area (Å²) in [5.41, 5.74) is 1.12. The molecule has 0 amide bonds. The Balaban J connectivity index is 2.62. The molecule has 1 rings (SSSR count). The molecule has 0 heterocycles. The van der Waals surface area contributed by atoms with Gasteiger partial charge in [-0.15, -0.1) is 0 Å². The molecule has 50 valence electrons. The molecule has 9 heavy (non-hydrogen) atoms. The Hall–Kier alpha value is -0.590. The van der Waals surface area contributed by atoms with Crippen LogP contribution in [-0.2, 0) is 4.79 Å². The molecular formula is C8H12O. The zero-order valence-corrected chi connectivity index (χ0v) is 5.81. The lowest BCUT2D eigenvalue weighted by molar-refractivity contribution is -0.122. The third-order valence-corrected chi connectivity index (χ3v) is 2.02. The van der Waals surface area contributed by atoms with E-state index in [4.69, 9.17) is 0 Å². The van der Waals surface area contributed by atoms with E-state index in [-0.39, 0.29) is 5.92 Å². The first-order valence-electron chi connectivity index (χ1n) is 3.42. The van der Waals surface area contributed by atoms with Gasteiger partial charge in [0.25, 0.3) is 0 Å². The Bertz CT molecular complexity index is 131. The quantitative estimate of drug-likeness (QED) is 0.451. The normalized spacial score (nSPS) is 28.8. The number of Topliss-reactive ketones (excluding diaryl/α,β-unsaturated/α-hetero) is 1. The summed E-state index contributed by atoms with van der Waals surface area (Å²) in [4.78, 5) is 10.9. The first-order chi connectivity index (χ1) is 4.22. The molecule has 0 saturated heterocycles. The van der Waals surface area contributed by atoms with Gasteiger partial charge in [0.15, 0.2) is 0 Å². The van der Waals surface area contributed by atoms with E-state index in [1.54, 1.807) is 0 Å². The number of carbonyl (C=O) groups is 1. The molecule has 0 N–H and O–H groups in total. The SMILES string of the molecule is C=C1CCCC(=O)C1C. The van der Waals surface area contributed by atoms with Crippen LogP contribution in [0.15, 0.2) is 12.2 Å². The van der Waals surface area contributed by atoms with E-state index in [1.165, 1.54) is 0 Å². The molecule has 1 nitrogen and oxygen atoms in total. The van der Waals surface area contributed by atoms with E-state index < -0.39 is 0 Å². The lowest BCUT2D eigenvalue weighted by atomic mass is 9.86. The third kappa shape index (κ3) is 1.21. The predicted molar refractivity (Wildman–Crippen MR) is 37.2 cm³/mol. The molecule has 1 heteroatoms.